The van der Waals surface area contributed by atoms with Gasteiger partial charge in [0, 0.05) is 20.3 Å². The molecule has 1 aliphatic heterocycles. The van der Waals surface area contributed by atoms with Gasteiger partial charge in [0.1, 0.15) is 10.8 Å². The van der Waals surface area contributed by atoms with Gasteiger partial charge in [0.2, 0.25) is 10.3 Å². The molecule has 0 N–H and O–H groups in total. The highest BCUT2D eigenvalue weighted by atomic mass is 35.5. The summed E-state index contributed by atoms with van der Waals surface area (Å²) in [6.45, 7) is 6.94. The van der Waals surface area contributed by atoms with Crippen molar-refractivity contribution in [1.29, 1.82) is 0 Å². The number of hydrogen-bond donors (Lipinski definition) is 0. The largest absolute Gasteiger partial charge is 0.242 e. The van der Waals surface area contributed by atoms with E-state index in [-0.39, 0.29) is 0 Å². The summed E-state index contributed by atoms with van der Waals surface area (Å²) >= 11 is 0. The first-order valence-electron chi connectivity index (χ1n) is 6.92. The maximum Gasteiger partial charge on any atom is 0.242 e. The molecule has 1 aromatic rings. The first-order chi connectivity index (χ1) is 8.58. The van der Waals surface area contributed by atoms with Crippen molar-refractivity contribution in [2.24, 2.45) is 0 Å². The average molecular weight is 264 g/mol. The van der Waals surface area contributed by atoms with Crippen molar-refractivity contribution in [3.8, 4) is 0 Å². The molecular weight excluding hydrogens is 240 g/mol. The Bertz CT molecular complexity index is 403. The molecule has 18 heavy (non-hydrogen) atoms. The number of allylic oxidation sites excluding steroid dienone is 2. The van der Waals surface area contributed by atoms with Crippen molar-refractivity contribution in [3.05, 3.63) is 47.5 Å². The van der Waals surface area contributed by atoms with E-state index in [0.717, 1.165) is 5.38 Å². The normalized spacial score (nSPS) is 21.9. The predicted octanol–water partition coefficient (Wildman–Crippen LogP) is 4.59. The van der Waals surface area contributed by atoms with E-state index in [9.17, 15) is 0 Å². The molecule has 0 spiro atoms. The summed E-state index contributed by atoms with van der Waals surface area (Å²) in [5.41, 5.74) is 3.00. The van der Waals surface area contributed by atoms with Gasteiger partial charge in [0.05, 0.1) is 0 Å². The molecule has 1 atom stereocenters. The van der Waals surface area contributed by atoms with Crippen LogP contribution in [0.4, 0.5) is 0 Å². The lowest BCUT2D eigenvalue weighted by Gasteiger charge is -2.00. The van der Waals surface area contributed by atoms with E-state index in [1.54, 1.807) is 5.57 Å². The van der Waals surface area contributed by atoms with Crippen LogP contribution in [0.5, 0.6) is 0 Å². The maximum absolute atomic E-state index is 2.59. The summed E-state index contributed by atoms with van der Waals surface area (Å²) in [7, 11) is 2.59. The molecule has 0 nitrogen and oxygen atoms in total. The SMILES string of the molecule is C/C(=C\CCc1ccccc1)CCC1[Cl+]C1(C)C. The Kier molecular flexibility index (Phi) is 4.50. The van der Waals surface area contributed by atoms with Gasteiger partial charge in [-0.25, -0.2) is 0 Å². The van der Waals surface area contributed by atoms with E-state index in [0.29, 0.717) is 4.87 Å². The first-order valence-corrected chi connectivity index (χ1v) is 7.73. The van der Waals surface area contributed by atoms with E-state index in [4.69, 9.17) is 0 Å². The van der Waals surface area contributed by atoms with Crippen LogP contribution in [0.1, 0.15) is 45.6 Å². The van der Waals surface area contributed by atoms with Crippen molar-refractivity contribution in [3.63, 3.8) is 0 Å². The average Bonchev–Trinajstić information content (AvgIpc) is 2.96. The Balaban J connectivity index is 1.66. The summed E-state index contributed by atoms with van der Waals surface area (Å²) in [5.74, 6) is 0. The molecule has 0 amide bonds. The van der Waals surface area contributed by atoms with Gasteiger partial charge in [-0.3, -0.25) is 0 Å². The van der Waals surface area contributed by atoms with Crippen LogP contribution in [-0.2, 0) is 6.42 Å². The molecule has 0 saturated carbocycles. The maximum atomic E-state index is 2.59. The van der Waals surface area contributed by atoms with Gasteiger partial charge in [0.15, 0.2) is 0 Å². The molecule has 1 saturated heterocycles. The van der Waals surface area contributed by atoms with E-state index in [2.05, 4.69) is 68.0 Å². The van der Waals surface area contributed by atoms with Gasteiger partial charge in [-0.2, -0.15) is 0 Å². The second kappa shape index (κ2) is 5.93. The van der Waals surface area contributed by atoms with E-state index in [1.807, 2.05) is 0 Å². The van der Waals surface area contributed by atoms with Crippen LogP contribution in [0.3, 0.4) is 0 Å². The predicted molar refractivity (Wildman–Crippen MR) is 75.6 cm³/mol. The lowest BCUT2D eigenvalue weighted by Crippen LogP contribution is -2.02. The molecule has 1 unspecified atom stereocenters. The standard InChI is InChI=1S/C17H24Cl/c1-14(12-13-16-17(2,3)18-16)8-7-11-15-9-5-4-6-10-15/h4-6,8-10,16H,7,11-13H2,1-3H3/q+1/b14-8+. The van der Waals surface area contributed by atoms with Crippen LogP contribution in [-0.4, -0.2) is 10.3 Å². The molecule has 0 bridgehead atoms. The lowest BCUT2D eigenvalue weighted by molar-refractivity contribution is -0.535. The summed E-state index contributed by atoms with van der Waals surface area (Å²) in [5, 5.41) is 0.843. The minimum atomic E-state index is 0.504. The quantitative estimate of drug-likeness (QED) is 0.520. The summed E-state index contributed by atoms with van der Waals surface area (Å²) in [4.78, 5) is 0.504. The van der Waals surface area contributed by atoms with Crippen LogP contribution in [0.2, 0.25) is 0 Å². The number of aryl methyl sites for hydroxylation is 1. The van der Waals surface area contributed by atoms with Gasteiger partial charge in [-0.15, -0.1) is 0 Å². The van der Waals surface area contributed by atoms with Gasteiger partial charge in [-0.1, -0.05) is 42.0 Å². The number of halogens is 1. The Morgan fingerprint density at radius 1 is 1.28 bits per heavy atom. The molecule has 1 heterocycles. The first kappa shape index (κ1) is 13.7. The highest BCUT2D eigenvalue weighted by molar-refractivity contribution is 5.15. The highest BCUT2D eigenvalue weighted by Crippen LogP contribution is 2.40. The number of rotatable bonds is 6. The second-order valence-electron chi connectivity index (χ2n) is 5.75. The molecule has 0 radical (unpaired) electrons. The summed E-state index contributed by atoms with van der Waals surface area (Å²) in [6.07, 6.45) is 7.34. The molecule has 0 aliphatic carbocycles. The Labute approximate surface area is 115 Å². The third-order valence-electron chi connectivity index (χ3n) is 3.67. The third kappa shape index (κ3) is 4.17. The molecular formula is C17H24Cl+. The van der Waals surface area contributed by atoms with Crippen LogP contribution < -0.4 is 0 Å². The van der Waals surface area contributed by atoms with Crippen LogP contribution in [0.15, 0.2) is 42.0 Å². The minimum Gasteiger partial charge on any atom is -0.0853 e. The molecule has 1 fully saturated rings. The Morgan fingerprint density at radius 2 is 1.94 bits per heavy atom. The van der Waals surface area contributed by atoms with Crippen molar-refractivity contribution in [1.82, 2.24) is 0 Å². The fourth-order valence-electron chi connectivity index (χ4n) is 2.29. The fraction of sp³-hybridized carbons (Fsp3) is 0.529. The highest BCUT2D eigenvalue weighted by Gasteiger charge is 2.66. The van der Waals surface area contributed by atoms with Crippen molar-refractivity contribution in [2.75, 3.05) is 0 Å². The zero-order valence-corrected chi connectivity index (χ0v) is 12.5. The number of alkyl halides is 2. The minimum absolute atomic E-state index is 0.504. The van der Waals surface area contributed by atoms with E-state index >= 15 is 0 Å². The van der Waals surface area contributed by atoms with Crippen LogP contribution >= 0.6 is 0 Å². The molecule has 1 heteroatoms. The molecule has 2 rings (SSSR count). The monoisotopic (exact) mass is 263 g/mol. The van der Waals surface area contributed by atoms with E-state index in [1.165, 1.54) is 31.2 Å². The van der Waals surface area contributed by atoms with Gasteiger partial charge in [-0.05, 0) is 31.7 Å². The van der Waals surface area contributed by atoms with E-state index < -0.39 is 0 Å². The number of hydrogen-bond acceptors (Lipinski definition) is 0. The summed E-state index contributed by atoms with van der Waals surface area (Å²) in [6, 6.07) is 10.7. The second-order valence-corrected chi connectivity index (χ2v) is 7.47. The van der Waals surface area contributed by atoms with Crippen LogP contribution in [0.25, 0.3) is 0 Å². The third-order valence-corrected chi connectivity index (χ3v) is 5.29. The van der Waals surface area contributed by atoms with Crippen LogP contribution in [0, 0.1) is 10.8 Å². The number of benzene rings is 1. The molecule has 98 valence electrons. The van der Waals surface area contributed by atoms with Gasteiger partial charge < -0.3 is 0 Å². The van der Waals surface area contributed by atoms with Crippen molar-refractivity contribution in [2.45, 2.75) is 56.7 Å². The Hall–Kier alpha value is -0.750. The summed E-state index contributed by atoms with van der Waals surface area (Å²) < 4.78 is 0. The van der Waals surface area contributed by atoms with Gasteiger partial charge >= 0.3 is 0 Å². The molecule has 1 aromatic carbocycles. The fourth-order valence-corrected chi connectivity index (χ4v) is 3.24. The van der Waals surface area contributed by atoms with Crippen molar-refractivity contribution < 1.29 is 10.8 Å². The lowest BCUT2D eigenvalue weighted by atomic mass is 10.0. The zero-order chi connectivity index (χ0) is 13.0. The molecule has 0 aromatic heterocycles. The molecule has 1 aliphatic rings. The Morgan fingerprint density at radius 3 is 2.56 bits per heavy atom. The topological polar surface area (TPSA) is 0 Å². The zero-order valence-electron chi connectivity index (χ0n) is 11.7. The smallest absolute Gasteiger partial charge is 0.0853 e. The van der Waals surface area contributed by atoms with Crippen molar-refractivity contribution >= 4 is 0 Å². The van der Waals surface area contributed by atoms with Gasteiger partial charge in [0.25, 0.3) is 0 Å².